The molecule has 1 aliphatic rings. The number of benzene rings is 1. The van der Waals surface area contributed by atoms with Crippen molar-refractivity contribution < 1.29 is 9.90 Å². The molecule has 1 saturated heterocycles. The van der Waals surface area contributed by atoms with Gasteiger partial charge in [-0.15, -0.1) is 0 Å². The largest absolute Gasteiger partial charge is 0.478 e. The molecule has 0 bridgehead atoms. The van der Waals surface area contributed by atoms with Crippen LogP contribution in [0.2, 0.25) is 0 Å². The minimum Gasteiger partial charge on any atom is -0.478 e. The van der Waals surface area contributed by atoms with E-state index in [2.05, 4.69) is 9.88 Å². The van der Waals surface area contributed by atoms with Crippen LogP contribution in [0, 0.1) is 0 Å². The molecule has 1 aromatic heterocycles. The summed E-state index contributed by atoms with van der Waals surface area (Å²) >= 11 is 0. The van der Waals surface area contributed by atoms with Crippen LogP contribution >= 0.6 is 0 Å². The maximum atomic E-state index is 11.4. The molecule has 22 heavy (non-hydrogen) atoms. The summed E-state index contributed by atoms with van der Waals surface area (Å²) in [6, 6.07) is 11.2. The molecule has 1 aliphatic heterocycles. The fourth-order valence-electron chi connectivity index (χ4n) is 3.10. The van der Waals surface area contributed by atoms with E-state index in [1.165, 1.54) is 0 Å². The highest BCUT2D eigenvalue weighted by Gasteiger charge is 2.27. The van der Waals surface area contributed by atoms with Crippen molar-refractivity contribution >= 4 is 11.8 Å². The van der Waals surface area contributed by atoms with Gasteiger partial charge in [0.15, 0.2) is 0 Å². The fraction of sp³-hybridized carbons (Fsp3) is 0.294. The molecule has 5 heteroatoms. The molecular formula is C17H19N3O2. The Morgan fingerprint density at radius 1 is 1.32 bits per heavy atom. The average molecular weight is 297 g/mol. The topological polar surface area (TPSA) is 79.5 Å². The van der Waals surface area contributed by atoms with Crippen LogP contribution in [0.3, 0.4) is 0 Å². The van der Waals surface area contributed by atoms with Crippen LogP contribution in [0.1, 0.15) is 33.8 Å². The van der Waals surface area contributed by atoms with Gasteiger partial charge in [0.1, 0.15) is 5.82 Å². The maximum Gasteiger partial charge on any atom is 0.335 e. The van der Waals surface area contributed by atoms with E-state index in [-0.39, 0.29) is 5.92 Å². The number of nitrogens with two attached hydrogens (primary N) is 1. The normalized spacial score (nSPS) is 18.5. The number of anilines is 1. The number of carboxylic acid groups (broad SMARTS) is 1. The summed E-state index contributed by atoms with van der Waals surface area (Å²) < 4.78 is 0. The molecule has 2 aromatic rings. The van der Waals surface area contributed by atoms with Gasteiger partial charge in [0.25, 0.3) is 0 Å². The quantitative estimate of drug-likeness (QED) is 0.905. The van der Waals surface area contributed by atoms with Crippen LogP contribution in [0.5, 0.6) is 0 Å². The summed E-state index contributed by atoms with van der Waals surface area (Å²) in [5, 5.41) is 9.33. The first-order chi connectivity index (χ1) is 10.6. The lowest BCUT2D eigenvalue weighted by Crippen LogP contribution is -2.21. The number of nitrogens with zero attached hydrogens (tertiary/aromatic N) is 2. The van der Waals surface area contributed by atoms with Crippen molar-refractivity contribution in [3.05, 3.63) is 59.3 Å². The Morgan fingerprint density at radius 3 is 2.91 bits per heavy atom. The number of likely N-dealkylation sites (tertiary alicyclic amines) is 1. The molecular weight excluding hydrogens is 278 g/mol. The Balaban J connectivity index is 1.73. The van der Waals surface area contributed by atoms with Gasteiger partial charge < -0.3 is 10.8 Å². The van der Waals surface area contributed by atoms with E-state index >= 15 is 0 Å². The van der Waals surface area contributed by atoms with Crippen molar-refractivity contribution in [2.75, 3.05) is 18.8 Å². The van der Waals surface area contributed by atoms with Crippen molar-refractivity contribution in [2.45, 2.75) is 18.9 Å². The molecule has 1 aromatic carbocycles. The molecule has 1 fully saturated rings. The summed E-state index contributed by atoms with van der Waals surface area (Å²) in [7, 11) is 0. The number of aromatic carboxylic acids is 1. The van der Waals surface area contributed by atoms with Crippen LogP contribution in [-0.2, 0) is 6.54 Å². The first-order valence-corrected chi connectivity index (χ1v) is 7.39. The maximum absolute atomic E-state index is 11.4. The van der Waals surface area contributed by atoms with Gasteiger partial charge in [-0.2, -0.15) is 0 Å². The van der Waals surface area contributed by atoms with Crippen LogP contribution in [0.4, 0.5) is 5.82 Å². The summed E-state index contributed by atoms with van der Waals surface area (Å²) in [5.41, 5.74) is 8.26. The zero-order valence-corrected chi connectivity index (χ0v) is 12.3. The lowest BCUT2D eigenvalue weighted by atomic mass is 9.93. The van der Waals surface area contributed by atoms with Gasteiger partial charge in [-0.1, -0.05) is 24.3 Å². The second kappa shape index (κ2) is 6.15. The highest BCUT2D eigenvalue weighted by Crippen LogP contribution is 2.30. The predicted octanol–water partition coefficient (Wildman–Crippen LogP) is 2.35. The molecule has 2 heterocycles. The van der Waals surface area contributed by atoms with Crippen molar-refractivity contribution in [1.82, 2.24) is 9.88 Å². The third-order valence-electron chi connectivity index (χ3n) is 4.22. The molecule has 3 N–H and O–H groups in total. The number of carbonyl (C=O) groups is 1. The van der Waals surface area contributed by atoms with Crippen LogP contribution in [-0.4, -0.2) is 34.0 Å². The Labute approximate surface area is 129 Å². The standard InChI is InChI=1S/C17H19N3O2/c18-16-13(4-3-8-19-16)11-20-9-7-12(10-20)14-5-1-2-6-15(14)17(21)22/h1-6,8,12H,7,9-11H2,(H2,18,19)(H,21,22)/t12-/m0/s1. The van der Waals surface area contributed by atoms with Gasteiger partial charge in [-0.05, 0) is 36.6 Å². The molecule has 3 rings (SSSR count). The molecule has 5 nitrogen and oxygen atoms in total. The zero-order chi connectivity index (χ0) is 15.5. The molecule has 0 amide bonds. The number of hydrogen-bond acceptors (Lipinski definition) is 4. The monoisotopic (exact) mass is 297 g/mol. The predicted molar refractivity (Wildman–Crippen MR) is 84.7 cm³/mol. The van der Waals surface area contributed by atoms with E-state index in [0.717, 1.165) is 37.2 Å². The van der Waals surface area contributed by atoms with E-state index in [1.807, 2.05) is 24.3 Å². The number of aromatic nitrogens is 1. The van der Waals surface area contributed by atoms with Gasteiger partial charge in [0, 0.05) is 24.8 Å². The Bertz CT molecular complexity index is 687. The average Bonchev–Trinajstić information content (AvgIpc) is 2.98. The smallest absolute Gasteiger partial charge is 0.335 e. The second-order valence-electron chi connectivity index (χ2n) is 5.66. The number of pyridine rings is 1. The van der Waals surface area contributed by atoms with Crippen molar-refractivity contribution in [3.8, 4) is 0 Å². The van der Waals surface area contributed by atoms with Crippen LogP contribution in [0.25, 0.3) is 0 Å². The van der Waals surface area contributed by atoms with Crippen LogP contribution in [0.15, 0.2) is 42.6 Å². The van der Waals surface area contributed by atoms with E-state index in [4.69, 9.17) is 5.73 Å². The van der Waals surface area contributed by atoms with Crippen molar-refractivity contribution in [2.24, 2.45) is 0 Å². The van der Waals surface area contributed by atoms with E-state index < -0.39 is 5.97 Å². The summed E-state index contributed by atoms with van der Waals surface area (Å²) in [4.78, 5) is 17.8. The number of carboxylic acids is 1. The van der Waals surface area contributed by atoms with Crippen molar-refractivity contribution in [3.63, 3.8) is 0 Å². The van der Waals surface area contributed by atoms with Crippen molar-refractivity contribution in [1.29, 1.82) is 0 Å². The van der Waals surface area contributed by atoms with Gasteiger partial charge in [0.05, 0.1) is 5.56 Å². The van der Waals surface area contributed by atoms with Gasteiger partial charge in [-0.25, -0.2) is 9.78 Å². The molecule has 1 atom stereocenters. The minimum absolute atomic E-state index is 0.255. The van der Waals surface area contributed by atoms with Gasteiger partial charge in [-0.3, -0.25) is 4.90 Å². The Hall–Kier alpha value is -2.40. The van der Waals surface area contributed by atoms with Crippen LogP contribution < -0.4 is 5.73 Å². The molecule has 0 radical (unpaired) electrons. The lowest BCUT2D eigenvalue weighted by Gasteiger charge is -2.17. The number of nitrogen functional groups attached to an aromatic ring is 1. The first-order valence-electron chi connectivity index (χ1n) is 7.39. The van der Waals surface area contributed by atoms with E-state index in [0.29, 0.717) is 11.4 Å². The summed E-state index contributed by atoms with van der Waals surface area (Å²) in [5.74, 6) is -0.0346. The second-order valence-corrected chi connectivity index (χ2v) is 5.66. The zero-order valence-electron chi connectivity index (χ0n) is 12.3. The SMILES string of the molecule is Nc1ncccc1CN1CC[C@H](c2ccccc2C(=O)O)C1. The third-order valence-corrected chi connectivity index (χ3v) is 4.22. The molecule has 0 aliphatic carbocycles. The molecule has 0 saturated carbocycles. The molecule has 114 valence electrons. The highest BCUT2D eigenvalue weighted by atomic mass is 16.4. The third kappa shape index (κ3) is 2.94. The Morgan fingerprint density at radius 2 is 2.14 bits per heavy atom. The molecule has 0 unspecified atom stereocenters. The van der Waals surface area contributed by atoms with Gasteiger partial charge in [0.2, 0.25) is 0 Å². The summed E-state index contributed by atoms with van der Waals surface area (Å²) in [6.07, 6.45) is 2.65. The fourth-order valence-corrected chi connectivity index (χ4v) is 3.10. The Kier molecular flexibility index (Phi) is 4.06. The van der Waals surface area contributed by atoms with E-state index in [1.54, 1.807) is 18.3 Å². The minimum atomic E-state index is -0.856. The van der Waals surface area contributed by atoms with E-state index in [9.17, 15) is 9.90 Å². The number of hydrogen-bond donors (Lipinski definition) is 2. The lowest BCUT2D eigenvalue weighted by molar-refractivity contribution is 0.0695. The van der Waals surface area contributed by atoms with Gasteiger partial charge >= 0.3 is 5.97 Å². The highest BCUT2D eigenvalue weighted by molar-refractivity contribution is 5.89. The first kappa shape index (κ1) is 14.5. The summed E-state index contributed by atoms with van der Waals surface area (Å²) in [6.45, 7) is 2.54. The molecule has 0 spiro atoms. The number of rotatable bonds is 4.